The van der Waals surface area contributed by atoms with Gasteiger partial charge in [-0.3, -0.25) is 14.5 Å². The van der Waals surface area contributed by atoms with E-state index in [1.807, 2.05) is 6.07 Å². The summed E-state index contributed by atoms with van der Waals surface area (Å²) in [6, 6.07) is 3.01. The second kappa shape index (κ2) is 8.37. The van der Waals surface area contributed by atoms with Crippen molar-refractivity contribution in [2.75, 3.05) is 41.0 Å². The number of hydrogen-bond acceptors (Lipinski definition) is 6. The number of urea groups is 1. The highest BCUT2D eigenvalue weighted by Crippen LogP contribution is 2.40. The van der Waals surface area contributed by atoms with Gasteiger partial charge in [-0.15, -0.1) is 0 Å². The maximum absolute atomic E-state index is 12.6. The molecule has 2 aliphatic rings. The normalized spacial score (nSPS) is 19.0. The Bertz CT molecular complexity index is 765. The first-order valence-electron chi connectivity index (χ1n) is 9.15. The number of aryl methyl sites for hydroxylation is 1. The van der Waals surface area contributed by atoms with Gasteiger partial charge in [0.15, 0.2) is 11.5 Å². The zero-order valence-electron chi connectivity index (χ0n) is 16.3. The zero-order chi connectivity index (χ0) is 20.3. The maximum atomic E-state index is 12.6. The molecular formula is C19H25N3O6. The van der Waals surface area contributed by atoms with Crippen LogP contribution in [-0.4, -0.2) is 74.7 Å². The van der Waals surface area contributed by atoms with Crippen LogP contribution in [0.2, 0.25) is 0 Å². The first-order valence-corrected chi connectivity index (χ1v) is 9.15. The van der Waals surface area contributed by atoms with Crippen molar-refractivity contribution in [1.82, 2.24) is 15.1 Å². The highest BCUT2D eigenvalue weighted by molar-refractivity contribution is 6.02. The fourth-order valence-corrected chi connectivity index (χ4v) is 3.74. The Balaban J connectivity index is 1.62. The number of nitrogens with zero attached hydrogens (tertiary/aromatic N) is 2. The second-order valence-electron chi connectivity index (χ2n) is 6.70. The van der Waals surface area contributed by atoms with E-state index >= 15 is 0 Å². The minimum Gasteiger partial charge on any atom is -0.493 e. The van der Waals surface area contributed by atoms with Gasteiger partial charge in [-0.1, -0.05) is 6.07 Å². The fraction of sp³-hybridized carbons (Fsp3) is 0.526. The highest BCUT2D eigenvalue weighted by atomic mass is 16.5. The lowest BCUT2D eigenvalue weighted by Crippen LogP contribution is -2.42. The second-order valence-corrected chi connectivity index (χ2v) is 6.70. The van der Waals surface area contributed by atoms with Crippen molar-refractivity contribution < 1.29 is 28.6 Å². The fourth-order valence-electron chi connectivity index (χ4n) is 3.74. The van der Waals surface area contributed by atoms with Gasteiger partial charge in [0, 0.05) is 19.5 Å². The Morgan fingerprint density at radius 1 is 1.14 bits per heavy atom. The Hall–Kier alpha value is -2.97. The molecule has 2 fully saturated rings. The van der Waals surface area contributed by atoms with E-state index in [0.717, 1.165) is 5.56 Å². The van der Waals surface area contributed by atoms with Gasteiger partial charge in [0.25, 0.3) is 0 Å². The van der Waals surface area contributed by atoms with Crippen LogP contribution in [0.5, 0.6) is 17.2 Å². The first kappa shape index (κ1) is 19.8. The molecule has 9 heteroatoms. The van der Waals surface area contributed by atoms with Crippen LogP contribution in [0.4, 0.5) is 4.79 Å². The smallest absolute Gasteiger partial charge is 0.324 e. The summed E-state index contributed by atoms with van der Waals surface area (Å²) in [5, 5.41) is 2.52. The van der Waals surface area contributed by atoms with Gasteiger partial charge in [-0.2, -0.15) is 0 Å². The molecule has 2 aliphatic heterocycles. The summed E-state index contributed by atoms with van der Waals surface area (Å²) in [4.78, 5) is 39.2. The van der Waals surface area contributed by atoms with Gasteiger partial charge in [-0.25, -0.2) is 4.79 Å². The number of methoxy groups -OCH3 is 3. The van der Waals surface area contributed by atoms with Crippen LogP contribution >= 0.6 is 0 Å². The molecule has 0 aromatic heterocycles. The monoisotopic (exact) mass is 391 g/mol. The maximum Gasteiger partial charge on any atom is 0.324 e. The molecule has 1 aromatic carbocycles. The van der Waals surface area contributed by atoms with Crippen molar-refractivity contribution in [3.8, 4) is 17.2 Å². The van der Waals surface area contributed by atoms with E-state index in [-0.39, 0.29) is 30.4 Å². The van der Waals surface area contributed by atoms with Gasteiger partial charge in [0.2, 0.25) is 17.6 Å². The molecule has 1 unspecified atom stereocenters. The third-order valence-electron chi connectivity index (χ3n) is 5.15. The van der Waals surface area contributed by atoms with Gasteiger partial charge in [-0.05, 0) is 24.5 Å². The molecule has 0 aliphatic carbocycles. The lowest BCUT2D eigenvalue weighted by atomic mass is 10.1. The van der Waals surface area contributed by atoms with Gasteiger partial charge < -0.3 is 24.4 Å². The predicted molar refractivity (Wildman–Crippen MR) is 99.6 cm³/mol. The Kier molecular flexibility index (Phi) is 5.91. The summed E-state index contributed by atoms with van der Waals surface area (Å²) in [5.74, 6) is 1.35. The van der Waals surface area contributed by atoms with Crippen LogP contribution in [0.1, 0.15) is 18.4 Å². The lowest BCUT2D eigenvalue weighted by molar-refractivity contribution is -0.131. The summed E-state index contributed by atoms with van der Waals surface area (Å²) in [5.41, 5.74) is 0.846. The summed E-state index contributed by atoms with van der Waals surface area (Å²) < 4.78 is 16.1. The van der Waals surface area contributed by atoms with E-state index in [1.165, 1.54) is 12.0 Å². The number of carbonyl (C=O) groups excluding carboxylic acids is 3. The van der Waals surface area contributed by atoms with Crippen LogP contribution in [0.3, 0.4) is 0 Å². The van der Waals surface area contributed by atoms with Crippen LogP contribution in [0.25, 0.3) is 0 Å². The third kappa shape index (κ3) is 3.69. The first-order chi connectivity index (χ1) is 13.5. The van der Waals surface area contributed by atoms with Crippen LogP contribution < -0.4 is 19.5 Å². The number of benzene rings is 1. The molecule has 28 heavy (non-hydrogen) atoms. The van der Waals surface area contributed by atoms with Gasteiger partial charge in [0.05, 0.1) is 33.9 Å². The van der Waals surface area contributed by atoms with Crippen molar-refractivity contribution in [3.63, 3.8) is 0 Å². The number of amides is 4. The van der Waals surface area contributed by atoms with E-state index in [1.54, 1.807) is 25.2 Å². The van der Waals surface area contributed by atoms with E-state index in [2.05, 4.69) is 5.32 Å². The molecule has 3 rings (SSSR count). The summed E-state index contributed by atoms with van der Waals surface area (Å²) in [6.07, 6.45) is 1.37. The molecule has 2 heterocycles. The number of likely N-dealkylation sites (tertiary alicyclic amines) is 1. The predicted octanol–water partition coefficient (Wildman–Crippen LogP) is 0.798. The van der Waals surface area contributed by atoms with Crippen LogP contribution in [0, 0.1) is 0 Å². The Morgan fingerprint density at radius 2 is 1.89 bits per heavy atom. The SMILES string of the molecule is COc1ccc(CCC(=O)N2CCC(N3C(=O)CNC3=O)C2)c(OC)c1OC. The Morgan fingerprint density at radius 3 is 2.50 bits per heavy atom. The molecule has 0 saturated carbocycles. The highest BCUT2D eigenvalue weighted by Gasteiger charge is 2.39. The standard InChI is InChI=1S/C19H25N3O6/c1-26-14-6-4-12(17(27-2)18(14)28-3)5-7-15(23)21-9-8-13(11-21)22-16(24)10-20-19(22)25/h4,6,13H,5,7-11H2,1-3H3,(H,20,25). The van der Waals surface area contributed by atoms with E-state index < -0.39 is 0 Å². The number of hydrogen-bond donors (Lipinski definition) is 1. The summed E-state index contributed by atoms with van der Waals surface area (Å²) in [6.45, 7) is 0.938. The van der Waals surface area contributed by atoms with Crippen molar-refractivity contribution in [3.05, 3.63) is 17.7 Å². The molecule has 0 radical (unpaired) electrons. The third-order valence-corrected chi connectivity index (χ3v) is 5.15. The molecule has 4 amide bonds. The number of rotatable bonds is 7. The molecule has 1 atom stereocenters. The van der Waals surface area contributed by atoms with Crippen molar-refractivity contribution >= 4 is 17.8 Å². The molecule has 0 spiro atoms. The molecule has 152 valence electrons. The number of ether oxygens (including phenoxy) is 3. The number of imide groups is 1. The van der Waals surface area contributed by atoms with E-state index in [4.69, 9.17) is 14.2 Å². The van der Waals surface area contributed by atoms with Crippen molar-refractivity contribution in [2.45, 2.75) is 25.3 Å². The van der Waals surface area contributed by atoms with E-state index in [9.17, 15) is 14.4 Å². The molecule has 9 nitrogen and oxygen atoms in total. The van der Waals surface area contributed by atoms with Gasteiger partial charge >= 0.3 is 6.03 Å². The lowest BCUT2D eigenvalue weighted by Gasteiger charge is -2.22. The summed E-state index contributed by atoms with van der Waals surface area (Å²) in [7, 11) is 4.64. The molecular weight excluding hydrogens is 366 g/mol. The zero-order valence-corrected chi connectivity index (χ0v) is 16.3. The quantitative estimate of drug-likeness (QED) is 0.691. The minimum absolute atomic E-state index is 0.0219. The topological polar surface area (TPSA) is 97.4 Å². The van der Waals surface area contributed by atoms with E-state index in [0.29, 0.717) is 49.6 Å². The van der Waals surface area contributed by atoms with Crippen molar-refractivity contribution in [1.29, 1.82) is 0 Å². The van der Waals surface area contributed by atoms with Crippen LogP contribution in [-0.2, 0) is 16.0 Å². The van der Waals surface area contributed by atoms with Crippen LogP contribution in [0.15, 0.2) is 12.1 Å². The molecule has 2 saturated heterocycles. The molecule has 1 N–H and O–H groups in total. The average Bonchev–Trinajstić information content (AvgIpc) is 3.31. The van der Waals surface area contributed by atoms with Crippen molar-refractivity contribution in [2.24, 2.45) is 0 Å². The average molecular weight is 391 g/mol. The Labute approximate surface area is 163 Å². The molecule has 0 bridgehead atoms. The number of carbonyl (C=O) groups is 3. The molecule has 1 aromatic rings. The number of nitrogens with one attached hydrogen (secondary N) is 1. The summed E-state index contributed by atoms with van der Waals surface area (Å²) >= 11 is 0. The largest absolute Gasteiger partial charge is 0.493 e. The van der Waals surface area contributed by atoms with Gasteiger partial charge in [0.1, 0.15) is 0 Å². The minimum atomic E-state index is -0.376.